The van der Waals surface area contributed by atoms with E-state index in [1.165, 1.54) is 20.3 Å². The molecule has 140 valence electrons. The number of aromatic nitrogens is 2. The van der Waals surface area contributed by atoms with Crippen LogP contribution in [0.4, 0.5) is 14.6 Å². The number of hydrogen-bond donors (Lipinski definition) is 1. The van der Waals surface area contributed by atoms with E-state index in [-0.39, 0.29) is 22.8 Å². The van der Waals surface area contributed by atoms with Crippen molar-refractivity contribution in [2.24, 2.45) is 0 Å². The van der Waals surface area contributed by atoms with E-state index in [1.807, 2.05) is 13.0 Å². The van der Waals surface area contributed by atoms with Crippen molar-refractivity contribution < 1.29 is 18.3 Å². The minimum atomic E-state index is -0.819. The number of hydrogen-bond acceptors (Lipinski definition) is 5. The second kappa shape index (κ2) is 6.64. The fourth-order valence-electron chi connectivity index (χ4n) is 3.02. The number of benzene rings is 1. The van der Waals surface area contributed by atoms with Crippen LogP contribution in [0.3, 0.4) is 0 Å². The van der Waals surface area contributed by atoms with Crippen LogP contribution >= 0.6 is 0 Å². The predicted octanol–water partition coefficient (Wildman–Crippen LogP) is 4.47. The molecule has 0 spiro atoms. The van der Waals surface area contributed by atoms with Gasteiger partial charge in [-0.05, 0) is 31.9 Å². The van der Waals surface area contributed by atoms with Gasteiger partial charge in [0.05, 0.1) is 25.5 Å². The van der Waals surface area contributed by atoms with Crippen LogP contribution in [0.15, 0.2) is 24.4 Å². The summed E-state index contributed by atoms with van der Waals surface area (Å²) in [7, 11) is 2.64. The molecular formula is C20H19F2N3O2. The highest BCUT2D eigenvalue weighted by Gasteiger charge is 2.26. The van der Waals surface area contributed by atoms with Crippen LogP contribution in [0.1, 0.15) is 18.5 Å². The minimum absolute atomic E-state index is 0.108. The number of aryl methyl sites for hydroxylation is 1. The highest BCUT2D eigenvalue weighted by Crippen LogP contribution is 2.39. The zero-order valence-corrected chi connectivity index (χ0v) is 15.3. The number of methoxy groups -OCH3 is 2. The lowest BCUT2D eigenvalue weighted by Gasteiger charge is -2.15. The second-order valence-corrected chi connectivity index (χ2v) is 6.61. The number of fused-ring (bicyclic) bond motifs is 1. The molecule has 7 heteroatoms. The largest absolute Gasteiger partial charge is 0.494 e. The first kappa shape index (κ1) is 17.5. The molecule has 1 fully saturated rings. The molecule has 1 aromatic carbocycles. The van der Waals surface area contributed by atoms with Crippen LogP contribution in [0.25, 0.3) is 22.0 Å². The van der Waals surface area contributed by atoms with E-state index < -0.39 is 11.6 Å². The third kappa shape index (κ3) is 3.13. The highest BCUT2D eigenvalue weighted by molar-refractivity contribution is 5.94. The number of rotatable bonds is 5. The van der Waals surface area contributed by atoms with Gasteiger partial charge in [-0.25, -0.2) is 13.8 Å². The lowest BCUT2D eigenvalue weighted by molar-refractivity contribution is 0.359. The molecule has 0 atom stereocenters. The van der Waals surface area contributed by atoms with E-state index in [9.17, 15) is 8.78 Å². The summed E-state index contributed by atoms with van der Waals surface area (Å²) >= 11 is 0. The first-order valence-electron chi connectivity index (χ1n) is 8.66. The van der Waals surface area contributed by atoms with Gasteiger partial charge in [-0.1, -0.05) is 0 Å². The number of anilines is 1. The van der Waals surface area contributed by atoms with Gasteiger partial charge in [0.1, 0.15) is 5.82 Å². The van der Waals surface area contributed by atoms with Crippen LogP contribution in [0, 0.1) is 18.6 Å². The summed E-state index contributed by atoms with van der Waals surface area (Å²) in [4.78, 5) is 8.83. The molecule has 1 saturated carbocycles. The number of ether oxygens (including phenoxy) is 2. The Morgan fingerprint density at radius 2 is 1.70 bits per heavy atom. The summed E-state index contributed by atoms with van der Waals surface area (Å²) in [5, 5.41) is 4.96. The molecule has 0 amide bonds. The Hall–Kier alpha value is -2.96. The van der Waals surface area contributed by atoms with Gasteiger partial charge in [0.15, 0.2) is 23.1 Å². The Morgan fingerprint density at radius 1 is 1.04 bits per heavy atom. The summed E-state index contributed by atoms with van der Waals surface area (Å²) in [6.07, 6.45) is 3.78. The zero-order valence-electron chi connectivity index (χ0n) is 15.3. The van der Waals surface area contributed by atoms with Crippen molar-refractivity contribution in [1.82, 2.24) is 9.97 Å². The third-order valence-corrected chi connectivity index (χ3v) is 4.60. The number of pyridine rings is 2. The Labute approximate surface area is 155 Å². The lowest BCUT2D eigenvalue weighted by Crippen LogP contribution is -2.06. The average molecular weight is 371 g/mol. The fraction of sp³-hybridized carbons (Fsp3) is 0.300. The van der Waals surface area contributed by atoms with Gasteiger partial charge in [0, 0.05) is 34.8 Å². The van der Waals surface area contributed by atoms with Crippen LogP contribution < -0.4 is 14.8 Å². The maximum Gasteiger partial charge on any atom is 0.177 e. The molecule has 1 aliphatic rings. The standard InChI is InChI=1S/C20H19F2N3O2/c1-10-6-13-11(9-23-10)7-14(25-20(13)24-12-4-5-12)17-18(21)15(26-2)8-16(27-3)19(17)22/h6-9,12H,4-5H2,1-3H3,(H,24,25). The van der Waals surface area contributed by atoms with Gasteiger partial charge in [-0.2, -0.15) is 0 Å². The summed E-state index contributed by atoms with van der Waals surface area (Å²) in [5.74, 6) is -1.26. The molecule has 2 aromatic heterocycles. The predicted molar refractivity (Wildman–Crippen MR) is 99.4 cm³/mol. The molecular weight excluding hydrogens is 352 g/mol. The van der Waals surface area contributed by atoms with E-state index in [0.717, 1.165) is 29.3 Å². The molecule has 2 heterocycles. The molecule has 1 aliphatic carbocycles. The van der Waals surface area contributed by atoms with Gasteiger partial charge in [0.25, 0.3) is 0 Å². The Kier molecular flexibility index (Phi) is 4.30. The van der Waals surface area contributed by atoms with Crippen LogP contribution in [0.5, 0.6) is 11.5 Å². The van der Waals surface area contributed by atoms with E-state index >= 15 is 0 Å². The maximum atomic E-state index is 14.9. The first-order valence-corrected chi connectivity index (χ1v) is 8.66. The van der Waals surface area contributed by atoms with Crippen LogP contribution in [0.2, 0.25) is 0 Å². The van der Waals surface area contributed by atoms with Gasteiger partial charge < -0.3 is 14.8 Å². The minimum Gasteiger partial charge on any atom is -0.494 e. The molecule has 27 heavy (non-hydrogen) atoms. The third-order valence-electron chi connectivity index (χ3n) is 4.60. The quantitative estimate of drug-likeness (QED) is 0.717. The molecule has 0 bridgehead atoms. The summed E-state index contributed by atoms with van der Waals surface area (Å²) in [6.45, 7) is 1.89. The van der Waals surface area contributed by atoms with Crippen LogP contribution in [-0.4, -0.2) is 30.2 Å². The van der Waals surface area contributed by atoms with Crippen molar-refractivity contribution in [3.05, 3.63) is 41.7 Å². The lowest BCUT2D eigenvalue weighted by atomic mass is 10.0. The smallest absolute Gasteiger partial charge is 0.177 e. The summed E-state index contributed by atoms with van der Waals surface area (Å²) in [6, 6.07) is 5.05. The van der Waals surface area contributed by atoms with Crippen molar-refractivity contribution in [2.45, 2.75) is 25.8 Å². The molecule has 0 aliphatic heterocycles. The molecule has 1 N–H and O–H groups in total. The summed E-state index contributed by atoms with van der Waals surface area (Å²) in [5.41, 5.74) is 0.715. The Morgan fingerprint density at radius 3 is 2.30 bits per heavy atom. The Bertz CT molecular complexity index is 1010. The highest BCUT2D eigenvalue weighted by atomic mass is 19.1. The molecule has 0 radical (unpaired) electrons. The molecule has 0 unspecified atom stereocenters. The van der Waals surface area contributed by atoms with E-state index in [1.54, 1.807) is 12.3 Å². The van der Waals surface area contributed by atoms with Gasteiger partial charge in [0.2, 0.25) is 0 Å². The van der Waals surface area contributed by atoms with Crippen molar-refractivity contribution in [1.29, 1.82) is 0 Å². The topological polar surface area (TPSA) is 56.3 Å². The number of nitrogens with zero attached hydrogens (tertiary/aromatic N) is 2. The second-order valence-electron chi connectivity index (χ2n) is 6.61. The van der Waals surface area contributed by atoms with Crippen LogP contribution in [-0.2, 0) is 0 Å². The number of nitrogens with one attached hydrogen (secondary N) is 1. The zero-order chi connectivity index (χ0) is 19.1. The molecule has 3 aromatic rings. The maximum absolute atomic E-state index is 14.9. The van der Waals surface area contributed by atoms with E-state index in [2.05, 4.69) is 15.3 Å². The number of halogens is 2. The van der Waals surface area contributed by atoms with Crippen molar-refractivity contribution in [2.75, 3.05) is 19.5 Å². The normalized spacial score (nSPS) is 13.7. The molecule has 4 rings (SSSR count). The van der Waals surface area contributed by atoms with Gasteiger partial charge in [-0.3, -0.25) is 4.98 Å². The van der Waals surface area contributed by atoms with E-state index in [0.29, 0.717) is 11.9 Å². The van der Waals surface area contributed by atoms with Crippen molar-refractivity contribution >= 4 is 16.6 Å². The summed E-state index contributed by atoms with van der Waals surface area (Å²) < 4.78 is 39.9. The fourth-order valence-corrected chi connectivity index (χ4v) is 3.02. The SMILES string of the molecule is COc1cc(OC)c(F)c(-c2cc3cnc(C)cc3c(NC3CC3)n2)c1F. The first-order chi connectivity index (χ1) is 13.0. The Balaban J connectivity index is 1.98. The monoisotopic (exact) mass is 371 g/mol. The van der Waals surface area contributed by atoms with Crippen molar-refractivity contribution in [3.8, 4) is 22.8 Å². The molecule has 0 saturated heterocycles. The van der Waals surface area contributed by atoms with Gasteiger partial charge >= 0.3 is 0 Å². The average Bonchev–Trinajstić information content (AvgIpc) is 3.47. The molecule has 5 nitrogen and oxygen atoms in total. The van der Waals surface area contributed by atoms with Gasteiger partial charge in [-0.15, -0.1) is 0 Å². The van der Waals surface area contributed by atoms with E-state index in [4.69, 9.17) is 9.47 Å². The van der Waals surface area contributed by atoms with Crippen molar-refractivity contribution in [3.63, 3.8) is 0 Å².